The molecule has 0 radical (unpaired) electrons. The Bertz CT molecular complexity index is 3050. The zero-order chi connectivity index (χ0) is 47.9. The van der Waals surface area contributed by atoms with Crippen LogP contribution in [0.5, 0.6) is 0 Å². The van der Waals surface area contributed by atoms with Gasteiger partial charge in [0, 0.05) is 43.3 Å². The summed E-state index contributed by atoms with van der Waals surface area (Å²) < 4.78 is 0. The molecule has 2 fully saturated rings. The Morgan fingerprint density at radius 3 is 1.39 bits per heavy atom. The number of carbonyl (C=O) groups excluding carboxylic acids is 4. The van der Waals surface area contributed by atoms with Crippen LogP contribution < -0.4 is 31.5 Å². The third kappa shape index (κ3) is 11.6. The first-order valence-electron chi connectivity index (χ1n) is 22.6. The van der Waals surface area contributed by atoms with Gasteiger partial charge in [0.15, 0.2) is 0 Å². The molecule has 69 heavy (non-hydrogen) atoms. The van der Waals surface area contributed by atoms with Gasteiger partial charge in [-0.25, -0.2) is 0 Å². The Morgan fingerprint density at radius 2 is 0.971 bits per heavy atom. The average molecular weight is 984 g/mol. The van der Waals surface area contributed by atoms with Gasteiger partial charge in [0.05, 0.1) is 31.9 Å². The van der Waals surface area contributed by atoms with E-state index in [0.29, 0.717) is 58.0 Å². The number of fused-ring (bicyclic) bond motifs is 2. The van der Waals surface area contributed by atoms with Crippen molar-refractivity contribution in [3.63, 3.8) is 0 Å². The molecule has 2 aliphatic heterocycles. The van der Waals surface area contributed by atoms with E-state index in [-0.39, 0.29) is 23.6 Å². The Kier molecular flexibility index (Phi) is 14.6. The number of aromatic nitrogens is 4. The molecule has 0 spiro atoms. The number of hydrogen-bond donors (Lipinski definition) is 6. The number of benzene rings is 4. The first-order chi connectivity index (χ1) is 33.5. The van der Waals surface area contributed by atoms with Crippen LogP contribution >= 0.6 is 34.3 Å². The van der Waals surface area contributed by atoms with E-state index in [2.05, 4.69) is 51.7 Å². The van der Waals surface area contributed by atoms with Gasteiger partial charge in [0.1, 0.15) is 21.3 Å². The van der Waals surface area contributed by atoms with Crippen LogP contribution in [0.1, 0.15) is 76.9 Å². The van der Waals surface area contributed by atoms with Crippen LogP contribution in [0.15, 0.2) is 115 Å². The van der Waals surface area contributed by atoms with Gasteiger partial charge in [0.2, 0.25) is 0 Å². The van der Waals surface area contributed by atoms with Gasteiger partial charge in [-0.15, -0.1) is 22.7 Å². The van der Waals surface area contributed by atoms with Crippen LogP contribution in [-0.2, 0) is 13.1 Å². The van der Waals surface area contributed by atoms with Gasteiger partial charge in [-0.05, 0) is 136 Å². The van der Waals surface area contributed by atoms with Crippen LogP contribution in [-0.4, -0.2) is 94.1 Å². The molecule has 4 aromatic heterocycles. The second kappa shape index (κ2) is 21.5. The normalized spacial score (nSPS) is 13.8. The van der Waals surface area contributed by atoms with Crippen molar-refractivity contribution in [2.75, 3.05) is 60.9 Å². The summed E-state index contributed by atoms with van der Waals surface area (Å²) in [5.74, 6) is -0.0147. The molecule has 0 saturated carbocycles. The largest absolute Gasteiger partial charge is 0.306 e. The zero-order valence-electron chi connectivity index (χ0n) is 38.1. The Labute approximate surface area is 411 Å². The Balaban J connectivity index is 0.000000172. The first kappa shape index (κ1) is 47.0. The summed E-state index contributed by atoms with van der Waals surface area (Å²) in [6.45, 7) is 6.38. The number of hydrogen-bond acceptors (Lipinski definition) is 12. The minimum Gasteiger partial charge on any atom is -0.306 e. The predicted octanol–water partition coefficient (Wildman–Crippen LogP) is 9.16. The van der Waals surface area contributed by atoms with Gasteiger partial charge in [-0.1, -0.05) is 54.1 Å². The molecule has 16 nitrogen and oxygen atoms in total. The van der Waals surface area contributed by atoms with Crippen LogP contribution in [0, 0.1) is 0 Å². The maximum Gasteiger partial charge on any atom is 0.279 e. The molecule has 0 aliphatic carbocycles. The molecule has 4 amide bonds. The van der Waals surface area contributed by atoms with Gasteiger partial charge in [0.25, 0.3) is 23.6 Å². The lowest BCUT2D eigenvalue weighted by molar-refractivity contribution is 0.0947. The molecule has 8 aromatic rings. The number of anilines is 4. The summed E-state index contributed by atoms with van der Waals surface area (Å²) in [4.78, 5) is 58.3. The highest BCUT2D eigenvalue weighted by molar-refractivity contribution is 7.20. The molecule has 0 bridgehead atoms. The topological polar surface area (TPSA) is 187 Å². The van der Waals surface area contributed by atoms with Crippen molar-refractivity contribution in [2.45, 2.75) is 38.8 Å². The van der Waals surface area contributed by atoms with Crippen molar-refractivity contribution in [3.05, 3.63) is 152 Å². The molecule has 19 heteroatoms. The molecule has 10 rings (SSSR count). The number of nitrogens with one attached hydrogen (secondary N) is 6. The minimum atomic E-state index is -0.267. The van der Waals surface area contributed by atoms with Crippen molar-refractivity contribution in [3.8, 4) is 0 Å². The molecule has 0 atom stereocenters. The van der Waals surface area contributed by atoms with Gasteiger partial charge >= 0.3 is 0 Å². The average Bonchev–Trinajstić information content (AvgIpc) is 4.24. The van der Waals surface area contributed by atoms with E-state index >= 15 is 0 Å². The molecule has 2 aliphatic rings. The number of hydrazine groups is 2. The second-order valence-electron chi connectivity index (χ2n) is 16.9. The number of nitrogens with zero attached hydrogens (tertiary/aromatic N) is 6. The number of amides is 4. The summed E-state index contributed by atoms with van der Waals surface area (Å²) >= 11 is 8.45. The molecule has 2 saturated heterocycles. The highest BCUT2D eigenvalue weighted by atomic mass is 35.5. The molecule has 6 heterocycles. The number of aromatic amines is 2. The van der Waals surface area contributed by atoms with Crippen molar-refractivity contribution < 1.29 is 19.2 Å². The van der Waals surface area contributed by atoms with Crippen molar-refractivity contribution in [1.29, 1.82) is 0 Å². The summed E-state index contributed by atoms with van der Waals surface area (Å²) in [6, 6.07) is 35.6. The number of thiophene rings is 2. The van der Waals surface area contributed by atoms with E-state index in [0.717, 1.165) is 50.6 Å². The monoisotopic (exact) mass is 982 g/mol. The van der Waals surface area contributed by atoms with Crippen LogP contribution in [0.25, 0.3) is 20.4 Å². The summed E-state index contributed by atoms with van der Waals surface area (Å²) in [5, 5.41) is 25.3. The van der Waals surface area contributed by atoms with Crippen LogP contribution in [0.3, 0.4) is 0 Å². The van der Waals surface area contributed by atoms with Gasteiger partial charge in [-0.2, -0.15) is 10.2 Å². The lowest BCUT2D eigenvalue weighted by atomic mass is 10.1. The number of likely N-dealkylation sites (tertiary alicyclic amines) is 2. The molecule has 4 aromatic carbocycles. The Hall–Kier alpha value is -7.09. The highest BCUT2D eigenvalue weighted by Crippen LogP contribution is 2.31. The highest BCUT2D eigenvalue weighted by Gasteiger charge is 2.21. The summed E-state index contributed by atoms with van der Waals surface area (Å²) in [7, 11) is 3.54. The minimum absolute atomic E-state index is 0.223. The number of para-hydroxylation sites is 1. The quantitative estimate of drug-likeness (QED) is 0.0574. The molecule has 6 N–H and O–H groups in total. The van der Waals surface area contributed by atoms with Crippen LogP contribution in [0.4, 0.5) is 23.0 Å². The van der Waals surface area contributed by atoms with E-state index in [4.69, 9.17) is 11.6 Å². The summed E-state index contributed by atoms with van der Waals surface area (Å²) in [6.07, 6.45) is 5.03. The molecular formula is C50H51ClN12O4S2. The predicted molar refractivity (Wildman–Crippen MR) is 275 cm³/mol. The SMILES string of the molecule is CN(NC(=O)c1cc2c(NC(=O)c3ccc(CN4CCCC4)cc3)[nH]nc2s1)c1ccc(Cl)cc1.CN(NC(=O)c1cc2c(NC(=O)c3ccc(CN4CCCC4)cc3)[nH]nc2s1)c1ccccc1. The third-order valence-corrected chi connectivity index (χ3v) is 14.3. The number of carbonyl (C=O) groups is 4. The Morgan fingerprint density at radius 1 is 0.565 bits per heavy atom. The van der Waals surface area contributed by atoms with Gasteiger partial charge < -0.3 is 10.6 Å². The van der Waals surface area contributed by atoms with E-state index < -0.39 is 0 Å². The van der Waals surface area contributed by atoms with Crippen molar-refractivity contribution in [2.24, 2.45) is 0 Å². The number of H-pyrrole nitrogens is 2. The molecule has 0 unspecified atom stereocenters. The van der Waals surface area contributed by atoms with E-state index in [9.17, 15) is 19.2 Å². The lowest BCUT2D eigenvalue weighted by Gasteiger charge is -2.19. The lowest BCUT2D eigenvalue weighted by Crippen LogP contribution is -2.38. The maximum atomic E-state index is 12.8. The summed E-state index contributed by atoms with van der Waals surface area (Å²) in [5.41, 5.74) is 10.9. The number of rotatable bonds is 14. The first-order valence-corrected chi connectivity index (χ1v) is 24.7. The van der Waals surface area contributed by atoms with E-state index in [1.807, 2.05) is 91.0 Å². The number of halogens is 1. The molecule has 354 valence electrons. The smallest absolute Gasteiger partial charge is 0.279 e. The maximum absolute atomic E-state index is 12.8. The fraction of sp³-hybridized carbons (Fsp3) is 0.240. The van der Waals surface area contributed by atoms with Crippen molar-refractivity contribution >= 4 is 101 Å². The third-order valence-electron chi connectivity index (χ3n) is 12.0. The van der Waals surface area contributed by atoms with Gasteiger partial charge in [-0.3, -0.25) is 60.0 Å². The second-order valence-corrected chi connectivity index (χ2v) is 19.4. The fourth-order valence-electron chi connectivity index (χ4n) is 8.19. The standard InChI is InChI=1S/C25H25ClN6O2S.C25H26N6O2S/c1-31(19-10-8-18(26)9-11-19)30-24(34)21-14-20-22(28-29-25(20)35-21)27-23(33)17-6-4-16(5-7-17)15-32-12-2-3-13-32;1-30(19-7-3-2-4-8-19)29-24(33)21-15-20-22(27-28-25(20)34-21)26-23(32)18-11-9-17(10-12-18)16-31-13-5-6-14-31/h4-11,14H,2-3,12-13,15H2,1H3,(H,30,34)(H2,27,28,29,33);2-4,7-12,15H,5-6,13-14,16H2,1H3,(H,29,33)(H2,26,27,28,32). The van der Waals surface area contributed by atoms with E-state index in [1.165, 1.54) is 59.5 Å². The van der Waals surface area contributed by atoms with Crippen LogP contribution in [0.2, 0.25) is 5.02 Å². The molecular weight excluding hydrogens is 932 g/mol. The zero-order valence-corrected chi connectivity index (χ0v) is 40.4. The van der Waals surface area contributed by atoms with Crippen molar-refractivity contribution in [1.82, 2.24) is 41.0 Å². The van der Waals surface area contributed by atoms with E-state index in [1.54, 1.807) is 48.4 Å². The fourth-order valence-corrected chi connectivity index (χ4v) is 10.1.